The molecule has 2 aromatic rings. The normalized spacial score (nSPS) is 17.7. The van der Waals surface area contributed by atoms with E-state index in [1.54, 1.807) is 58.2 Å². The Labute approximate surface area is 174 Å². The lowest BCUT2D eigenvalue weighted by Crippen LogP contribution is -2.33. The van der Waals surface area contributed by atoms with Gasteiger partial charge in [-0.3, -0.25) is 9.69 Å². The summed E-state index contributed by atoms with van der Waals surface area (Å²) in [4.78, 5) is 26.7. The van der Waals surface area contributed by atoms with Gasteiger partial charge >= 0.3 is 6.09 Å². The van der Waals surface area contributed by atoms with E-state index in [0.717, 1.165) is 0 Å². The van der Waals surface area contributed by atoms with Crippen LogP contribution in [0.1, 0.15) is 50.7 Å². The van der Waals surface area contributed by atoms with E-state index in [9.17, 15) is 9.59 Å². The Balaban J connectivity index is 1.67. The van der Waals surface area contributed by atoms with E-state index in [4.69, 9.17) is 14.2 Å². The summed E-state index contributed by atoms with van der Waals surface area (Å²) < 4.78 is 17.0. The number of anilines is 2. The van der Waals surface area contributed by atoms with Crippen molar-refractivity contribution in [1.29, 1.82) is 0 Å². The summed E-state index contributed by atoms with van der Waals surface area (Å²) >= 11 is 1.21. The maximum atomic E-state index is 12.6. The number of hydrogen-bond donors (Lipinski definition) is 1. The van der Waals surface area contributed by atoms with Crippen LogP contribution in [0.5, 0.6) is 11.5 Å². The van der Waals surface area contributed by atoms with Crippen LogP contribution < -0.4 is 19.7 Å². The van der Waals surface area contributed by atoms with Crippen LogP contribution in [-0.2, 0) is 4.74 Å². The third kappa shape index (κ3) is 4.82. The number of carbonyl (C=O) groups is 2. The molecule has 0 saturated carbocycles. The molecule has 1 aromatic heterocycles. The molecule has 0 saturated heterocycles. The van der Waals surface area contributed by atoms with Crippen molar-refractivity contribution in [1.82, 2.24) is 0 Å². The fraction of sp³-hybridized carbons (Fsp3) is 0.429. The molecular weight excluding hydrogens is 392 g/mol. The minimum absolute atomic E-state index is 0.268. The minimum atomic E-state index is -0.681. The van der Waals surface area contributed by atoms with Crippen LogP contribution in [0, 0.1) is 0 Å². The molecule has 0 fully saturated rings. The van der Waals surface area contributed by atoms with Gasteiger partial charge in [-0.1, -0.05) is 6.92 Å². The number of ether oxygens (including phenoxy) is 3. The molecule has 1 N–H and O–H groups in total. The lowest BCUT2D eigenvalue weighted by atomic mass is 10.2. The number of thiophene rings is 1. The molecule has 0 bridgehead atoms. The zero-order chi connectivity index (χ0) is 21.4. The fourth-order valence-corrected chi connectivity index (χ4v) is 3.48. The molecule has 0 unspecified atom stereocenters. The van der Waals surface area contributed by atoms with E-state index in [1.807, 2.05) is 13.8 Å². The van der Waals surface area contributed by atoms with E-state index in [2.05, 4.69) is 5.32 Å². The van der Waals surface area contributed by atoms with E-state index in [-0.39, 0.29) is 5.91 Å². The average Bonchev–Trinajstić information content (AvgIpc) is 3.24. The predicted molar refractivity (Wildman–Crippen MR) is 113 cm³/mol. The van der Waals surface area contributed by atoms with Gasteiger partial charge in [0.1, 0.15) is 10.6 Å². The third-order valence-electron chi connectivity index (χ3n) is 4.31. The van der Waals surface area contributed by atoms with Crippen molar-refractivity contribution in [2.45, 2.75) is 52.4 Å². The highest BCUT2D eigenvalue weighted by Gasteiger charge is 2.35. The van der Waals surface area contributed by atoms with Gasteiger partial charge in [-0.05, 0) is 45.0 Å². The van der Waals surface area contributed by atoms with E-state index in [1.165, 1.54) is 16.2 Å². The summed E-state index contributed by atoms with van der Waals surface area (Å²) in [6.45, 7) is 9.28. The number of benzene rings is 1. The van der Waals surface area contributed by atoms with Crippen molar-refractivity contribution < 1.29 is 23.8 Å². The van der Waals surface area contributed by atoms with Crippen molar-refractivity contribution in [3.8, 4) is 11.5 Å². The summed E-state index contributed by atoms with van der Waals surface area (Å²) in [5.74, 6) is 0.309. The molecule has 1 aliphatic rings. The van der Waals surface area contributed by atoms with E-state index >= 15 is 0 Å². The first kappa shape index (κ1) is 21.0. The number of rotatable bonds is 4. The lowest BCUT2D eigenvalue weighted by molar-refractivity contribution is -0.0640. The number of hydrogen-bond acceptors (Lipinski definition) is 6. The van der Waals surface area contributed by atoms with Crippen LogP contribution in [0.25, 0.3) is 0 Å². The summed E-state index contributed by atoms with van der Waals surface area (Å²) in [7, 11) is 1.62. The highest BCUT2D eigenvalue weighted by molar-refractivity contribution is 7.18. The predicted octanol–water partition coefficient (Wildman–Crippen LogP) is 5.27. The highest BCUT2D eigenvalue weighted by Crippen LogP contribution is 2.42. The monoisotopic (exact) mass is 418 g/mol. The largest absolute Gasteiger partial charge is 0.449 e. The maximum absolute atomic E-state index is 12.6. The average molecular weight is 419 g/mol. The minimum Gasteiger partial charge on any atom is -0.449 e. The molecule has 0 aliphatic carbocycles. The van der Waals surface area contributed by atoms with Crippen LogP contribution in [0.4, 0.5) is 15.5 Å². The van der Waals surface area contributed by atoms with Crippen molar-refractivity contribution in [2.24, 2.45) is 0 Å². The van der Waals surface area contributed by atoms with E-state index < -0.39 is 17.5 Å². The summed E-state index contributed by atoms with van der Waals surface area (Å²) in [5, 5.41) is 3.47. The zero-order valence-corrected chi connectivity index (χ0v) is 18.3. The number of nitrogens with one attached hydrogen (secondary N) is 1. The van der Waals surface area contributed by atoms with Crippen molar-refractivity contribution in [3.05, 3.63) is 35.2 Å². The Morgan fingerprint density at radius 1 is 1.17 bits per heavy atom. The standard InChI is InChI=1S/C21H26N2O5S/c1-7-21(5)26-14-9-8-13(12-15(14)27-21)22-18(24)16-10-11-17(29-16)23(6)19(25)28-20(2,3)4/h8-12H,7H2,1-6H3,(H,22,24)/t21-/m0/s1. The molecule has 1 aliphatic heterocycles. The van der Waals surface area contributed by atoms with Crippen LogP contribution in [0.2, 0.25) is 0 Å². The summed E-state index contributed by atoms with van der Waals surface area (Å²) in [5.41, 5.74) is 0.0175. The molecular formula is C21H26N2O5S. The molecule has 1 aromatic carbocycles. The molecule has 0 spiro atoms. The van der Waals surface area contributed by atoms with Gasteiger partial charge in [0.2, 0.25) is 5.79 Å². The molecule has 8 heteroatoms. The van der Waals surface area contributed by atoms with Gasteiger partial charge < -0.3 is 19.5 Å². The first-order valence-corrected chi connectivity index (χ1v) is 10.2. The molecule has 0 radical (unpaired) electrons. The fourth-order valence-electron chi connectivity index (χ4n) is 2.62. The molecule has 3 rings (SSSR count). The van der Waals surface area contributed by atoms with Gasteiger partial charge in [-0.15, -0.1) is 11.3 Å². The quantitative estimate of drug-likeness (QED) is 0.732. The first-order valence-electron chi connectivity index (χ1n) is 9.40. The second-order valence-corrected chi connectivity index (χ2v) is 9.05. The molecule has 2 amide bonds. The molecule has 7 nitrogen and oxygen atoms in total. The van der Waals surface area contributed by atoms with Gasteiger partial charge in [-0.25, -0.2) is 4.79 Å². The van der Waals surface area contributed by atoms with E-state index in [0.29, 0.717) is 33.5 Å². The van der Waals surface area contributed by atoms with Gasteiger partial charge in [0.05, 0.1) is 4.88 Å². The van der Waals surface area contributed by atoms with Gasteiger partial charge in [0.15, 0.2) is 11.5 Å². The topological polar surface area (TPSA) is 77.1 Å². The second kappa shape index (κ2) is 7.59. The Morgan fingerprint density at radius 2 is 1.86 bits per heavy atom. The van der Waals surface area contributed by atoms with Gasteiger partial charge in [0.25, 0.3) is 5.91 Å². The van der Waals surface area contributed by atoms with Crippen molar-refractivity contribution >= 4 is 34.0 Å². The smallest absolute Gasteiger partial charge is 0.415 e. The number of amides is 2. The second-order valence-electron chi connectivity index (χ2n) is 7.98. The van der Waals surface area contributed by atoms with Crippen LogP contribution in [-0.4, -0.2) is 30.4 Å². The lowest BCUT2D eigenvalue weighted by Gasteiger charge is -2.23. The third-order valence-corrected chi connectivity index (χ3v) is 5.47. The van der Waals surface area contributed by atoms with Crippen LogP contribution in [0.3, 0.4) is 0 Å². The van der Waals surface area contributed by atoms with Gasteiger partial charge in [-0.2, -0.15) is 0 Å². The van der Waals surface area contributed by atoms with Crippen LogP contribution in [0.15, 0.2) is 30.3 Å². The molecule has 156 valence electrons. The zero-order valence-electron chi connectivity index (χ0n) is 17.5. The Bertz CT molecular complexity index is 933. The van der Waals surface area contributed by atoms with Crippen LogP contribution >= 0.6 is 11.3 Å². The summed E-state index contributed by atoms with van der Waals surface area (Å²) in [6, 6.07) is 8.69. The van der Waals surface area contributed by atoms with Crippen molar-refractivity contribution in [2.75, 3.05) is 17.3 Å². The Morgan fingerprint density at radius 3 is 2.52 bits per heavy atom. The molecule has 29 heavy (non-hydrogen) atoms. The highest BCUT2D eigenvalue weighted by atomic mass is 32.1. The Kier molecular flexibility index (Phi) is 5.49. The van der Waals surface area contributed by atoms with Crippen molar-refractivity contribution in [3.63, 3.8) is 0 Å². The number of nitrogens with zero attached hydrogens (tertiary/aromatic N) is 1. The van der Waals surface area contributed by atoms with Gasteiger partial charge in [0, 0.05) is 32.1 Å². The SMILES string of the molecule is CC[C@@]1(C)Oc2ccc(NC(=O)c3ccc(N(C)C(=O)OC(C)(C)C)s3)cc2O1. The first-order chi connectivity index (χ1) is 13.5. The summed E-state index contributed by atoms with van der Waals surface area (Å²) in [6.07, 6.45) is 0.230. The molecule has 2 heterocycles. The molecule has 1 atom stereocenters. The maximum Gasteiger partial charge on any atom is 0.415 e. The number of carbonyl (C=O) groups excluding carboxylic acids is 2. The Hall–Kier alpha value is -2.74. The number of fused-ring (bicyclic) bond motifs is 1.